The van der Waals surface area contributed by atoms with Crippen LogP contribution in [0.2, 0.25) is 15.1 Å². The molecule has 1 heterocycles. The molecule has 0 aliphatic heterocycles. The van der Waals surface area contributed by atoms with Gasteiger partial charge in [0.2, 0.25) is 4.77 Å². The third kappa shape index (κ3) is 5.17. The van der Waals surface area contributed by atoms with Gasteiger partial charge in [0.15, 0.2) is 5.82 Å². The van der Waals surface area contributed by atoms with E-state index in [1.165, 1.54) is 0 Å². The normalized spacial score (nSPS) is 11.2. The SMILES string of the molecule is S=c1[nH]nc(-c2ccccc2)n1/N=C\c1ccc(OCc2ccc(Cl)cc2Cl)c(Cl)c1. The highest BCUT2D eigenvalue weighted by Gasteiger charge is 2.08. The minimum Gasteiger partial charge on any atom is -0.487 e. The van der Waals surface area contributed by atoms with Crippen LogP contribution < -0.4 is 4.74 Å². The Morgan fingerprint density at radius 1 is 1.00 bits per heavy atom. The fraction of sp³-hybridized carbons (Fsp3) is 0.0455. The van der Waals surface area contributed by atoms with Gasteiger partial charge in [0.05, 0.1) is 11.2 Å². The van der Waals surface area contributed by atoms with Crippen LogP contribution >= 0.6 is 47.0 Å². The van der Waals surface area contributed by atoms with E-state index in [9.17, 15) is 0 Å². The van der Waals surface area contributed by atoms with Crippen molar-refractivity contribution in [2.75, 3.05) is 0 Å². The number of aromatic nitrogens is 3. The zero-order valence-corrected chi connectivity index (χ0v) is 19.0. The number of ether oxygens (including phenoxy) is 1. The standard InChI is InChI=1S/C22H15Cl3N4OS/c23-17-8-7-16(18(24)11-17)13-30-20-9-6-14(10-19(20)25)12-26-29-21(27-28-22(29)31)15-4-2-1-3-5-15/h1-12H,13H2,(H,28,31)/b26-12-. The summed E-state index contributed by atoms with van der Waals surface area (Å²) in [6.45, 7) is 0.272. The molecule has 0 aliphatic rings. The number of H-pyrrole nitrogens is 1. The highest BCUT2D eigenvalue weighted by atomic mass is 35.5. The van der Waals surface area contributed by atoms with Crippen LogP contribution in [0.1, 0.15) is 11.1 Å². The Kier molecular flexibility index (Phi) is 6.73. The van der Waals surface area contributed by atoms with Gasteiger partial charge in [0.25, 0.3) is 0 Å². The second kappa shape index (κ2) is 9.66. The van der Waals surface area contributed by atoms with Crippen molar-refractivity contribution in [1.29, 1.82) is 0 Å². The molecule has 31 heavy (non-hydrogen) atoms. The summed E-state index contributed by atoms with van der Waals surface area (Å²) in [4.78, 5) is 0. The molecular weight excluding hydrogens is 475 g/mol. The first-order chi connectivity index (χ1) is 15.0. The highest BCUT2D eigenvalue weighted by Crippen LogP contribution is 2.28. The average Bonchev–Trinajstić information content (AvgIpc) is 3.13. The van der Waals surface area contributed by atoms with Crippen LogP contribution in [0, 0.1) is 4.77 Å². The van der Waals surface area contributed by atoms with Crippen LogP contribution in [-0.4, -0.2) is 21.1 Å². The molecule has 9 heteroatoms. The molecule has 0 amide bonds. The number of nitrogens with zero attached hydrogens (tertiary/aromatic N) is 3. The number of nitrogens with one attached hydrogen (secondary N) is 1. The first-order valence-electron chi connectivity index (χ1n) is 9.15. The summed E-state index contributed by atoms with van der Waals surface area (Å²) in [6, 6.07) is 20.3. The molecule has 0 spiro atoms. The van der Waals surface area contributed by atoms with Gasteiger partial charge >= 0.3 is 0 Å². The summed E-state index contributed by atoms with van der Waals surface area (Å²) in [7, 11) is 0. The molecule has 0 saturated heterocycles. The van der Waals surface area contributed by atoms with E-state index < -0.39 is 0 Å². The summed E-state index contributed by atoms with van der Waals surface area (Å²) >= 11 is 23.8. The predicted octanol–water partition coefficient (Wildman–Crippen LogP) is 7.03. The lowest BCUT2D eigenvalue weighted by Crippen LogP contribution is -1.98. The van der Waals surface area contributed by atoms with E-state index in [0.717, 1.165) is 16.7 Å². The van der Waals surface area contributed by atoms with Crippen molar-refractivity contribution < 1.29 is 4.74 Å². The van der Waals surface area contributed by atoms with Gasteiger partial charge in [-0.2, -0.15) is 14.9 Å². The third-order valence-corrected chi connectivity index (χ3v) is 5.51. The lowest BCUT2D eigenvalue weighted by Gasteiger charge is -2.10. The molecule has 4 aromatic rings. The Labute approximate surface area is 198 Å². The molecule has 0 unspecified atom stereocenters. The topological polar surface area (TPSA) is 55.2 Å². The molecule has 0 atom stereocenters. The number of hydrogen-bond donors (Lipinski definition) is 1. The van der Waals surface area contributed by atoms with E-state index in [-0.39, 0.29) is 6.61 Å². The van der Waals surface area contributed by atoms with E-state index in [1.54, 1.807) is 35.2 Å². The van der Waals surface area contributed by atoms with Crippen LogP contribution in [0.3, 0.4) is 0 Å². The number of benzene rings is 3. The zero-order valence-electron chi connectivity index (χ0n) is 15.9. The lowest BCUT2D eigenvalue weighted by molar-refractivity contribution is 0.306. The molecule has 1 N–H and O–H groups in total. The maximum Gasteiger partial charge on any atom is 0.216 e. The fourth-order valence-corrected chi connectivity index (χ4v) is 3.69. The Balaban J connectivity index is 1.51. The Hall–Kier alpha value is -2.64. The monoisotopic (exact) mass is 488 g/mol. The minimum absolute atomic E-state index is 0.272. The van der Waals surface area contributed by atoms with E-state index in [0.29, 0.717) is 31.4 Å². The second-order valence-corrected chi connectivity index (χ2v) is 8.13. The van der Waals surface area contributed by atoms with Gasteiger partial charge in [-0.3, -0.25) is 0 Å². The Morgan fingerprint density at radius 2 is 1.81 bits per heavy atom. The molecule has 0 bridgehead atoms. The molecule has 0 aliphatic carbocycles. The van der Waals surface area contributed by atoms with Crippen molar-refractivity contribution in [2.45, 2.75) is 6.61 Å². The van der Waals surface area contributed by atoms with Crippen molar-refractivity contribution in [3.05, 3.63) is 97.7 Å². The van der Waals surface area contributed by atoms with Gasteiger partial charge in [0.1, 0.15) is 12.4 Å². The van der Waals surface area contributed by atoms with Crippen molar-refractivity contribution in [3.63, 3.8) is 0 Å². The molecule has 5 nitrogen and oxygen atoms in total. The zero-order chi connectivity index (χ0) is 21.8. The van der Waals surface area contributed by atoms with Gasteiger partial charge in [-0.25, -0.2) is 5.10 Å². The van der Waals surface area contributed by atoms with Gasteiger partial charge < -0.3 is 4.74 Å². The van der Waals surface area contributed by atoms with Crippen LogP contribution in [0.5, 0.6) is 5.75 Å². The number of aromatic amines is 1. The lowest BCUT2D eigenvalue weighted by atomic mass is 10.2. The Morgan fingerprint density at radius 3 is 2.55 bits per heavy atom. The van der Waals surface area contributed by atoms with Crippen molar-refractivity contribution in [2.24, 2.45) is 5.10 Å². The maximum absolute atomic E-state index is 6.39. The van der Waals surface area contributed by atoms with Crippen molar-refractivity contribution in [1.82, 2.24) is 14.9 Å². The fourth-order valence-electron chi connectivity index (χ4n) is 2.81. The van der Waals surface area contributed by atoms with Crippen LogP contribution in [0.4, 0.5) is 0 Å². The first-order valence-corrected chi connectivity index (χ1v) is 10.7. The number of halogens is 3. The van der Waals surface area contributed by atoms with E-state index >= 15 is 0 Å². The molecule has 3 aromatic carbocycles. The molecule has 1 aromatic heterocycles. The van der Waals surface area contributed by atoms with Crippen LogP contribution in [0.25, 0.3) is 11.4 Å². The highest BCUT2D eigenvalue weighted by molar-refractivity contribution is 7.71. The van der Waals surface area contributed by atoms with Crippen molar-refractivity contribution in [3.8, 4) is 17.1 Å². The van der Waals surface area contributed by atoms with Gasteiger partial charge in [-0.15, -0.1) is 0 Å². The number of rotatable bonds is 6. The molecular formula is C22H15Cl3N4OS. The van der Waals surface area contributed by atoms with Gasteiger partial charge in [-0.1, -0.05) is 71.2 Å². The van der Waals surface area contributed by atoms with Crippen LogP contribution in [-0.2, 0) is 6.61 Å². The first kappa shape index (κ1) is 21.6. The van der Waals surface area contributed by atoms with E-state index in [1.807, 2.05) is 42.5 Å². The average molecular weight is 490 g/mol. The second-order valence-electron chi connectivity index (χ2n) is 6.49. The Bertz CT molecular complexity index is 1300. The van der Waals surface area contributed by atoms with Gasteiger partial charge in [0, 0.05) is 21.2 Å². The largest absolute Gasteiger partial charge is 0.487 e. The smallest absolute Gasteiger partial charge is 0.216 e. The summed E-state index contributed by atoms with van der Waals surface area (Å²) in [5, 5.41) is 13.1. The van der Waals surface area contributed by atoms with Crippen molar-refractivity contribution >= 4 is 53.2 Å². The molecule has 0 radical (unpaired) electrons. The number of hydrogen-bond acceptors (Lipinski definition) is 4. The van der Waals surface area contributed by atoms with Crippen LogP contribution in [0.15, 0.2) is 71.8 Å². The maximum atomic E-state index is 6.39. The molecule has 156 valence electrons. The summed E-state index contributed by atoms with van der Waals surface area (Å²) in [6.07, 6.45) is 1.66. The summed E-state index contributed by atoms with van der Waals surface area (Å²) < 4.78 is 7.75. The molecule has 0 fully saturated rings. The minimum atomic E-state index is 0.272. The predicted molar refractivity (Wildman–Crippen MR) is 128 cm³/mol. The molecule has 0 saturated carbocycles. The summed E-state index contributed by atoms with van der Waals surface area (Å²) in [5.41, 5.74) is 2.49. The van der Waals surface area contributed by atoms with E-state index in [2.05, 4.69) is 15.3 Å². The summed E-state index contributed by atoms with van der Waals surface area (Å²) in [5.74, 6) is 1.16. The quantitative estimate of drug-likeness (QED) is 0.234. The van der Waals surface area contributed by atoms with E-state index in [4.69, 9.17) is 51.8 Å². The third-order valence-electron chi connectivity index (χ3n) is 4.36. The molecule has 4 rings (SSSR count). The van der Waals surface area contributed by atoms with Gasteiger partial charge in [-0.05, 0) is 48.1 Å².